The van der Waals surface area contributed by atoms with E-state index in [0.717, 1.165) is 0 Å². The Morgan fingerprint density at radius 1 is 1.50 bits per heavy atom. The van der Waals surface area contributed by atoms with E-state index in [0.29, 0.717) is 0 Å². The summed E-state index contributed by atoms with van der Waals surface area (Å²) in [5, 5.41) is 11.4. The highest BCUT2D eigenvalue weighted by atomic mass is 16.4. The lowest BCUT2D eigenvalue weighted by molar-refractivity contribution is -0.145. The number of nitrogens with two attached hydrogens (primary N) is 1. The van der Waals surface area contributed by atoms with Crippen LogP contribution >= 0.6 is 0 Å². The monoisotopic (exact) mass is 226 g/mol. The first-order valence-corrected chi connectivity index (χ1v) is 4.92. The minimum Gasteiger partial charge on any atom is -0.480 e. The largest absolute Gasteiger partial charge is 0.480 e. The number of hydrogen-bond donors (Lipinski definition) is 3. The third-order valence-electron chi connectivity index (χ3n) is 2.07. The van der Waals surface area contributed by atoms with Gasteiger partial charge in [-0.05, 0) is 5.41 Å². The van der Waals surface area contributed by atoms with Crippen LogP contribution in [0.5, 0.6) is 0 Å². The van der Waals surface area contributed by atoms with Crippen molar-refractivity contribution in [3.05, 3.63) is 0 Å². The van der Waals surface area contributed by atoms with Crippen LogP contribution in [0.4, 0.5) is 0 Å². The predicted molar refractivity (Wildman–Crippen MR) is 60.4 cm³/mol. The molecule has 0 saturated heterocycles. The van der Waals surface area contributed by atoms with Gasteiger partial charge in [0.1, 0.15) is 6.04 Å². The molecule has 0 spiro atoms. The molecule has 0 aliphatic heterocycles. The van der Waals surface area contributed by atoms with Crippen molar-refractivity contribution in [3.63, 3.8) is 0 Å². The highest BCUT2D eigenvalue weighted by Crippen LogP contribution is 2.19. The summed E-state index contributed by atoms with van der Waals surface area (Å²) in [6.45, 7) is 5.16. The molecule has 0 aromatic rings. The molecule has 0 fully saturated rings. The average Bonchev–Trinajstić information content (AvgIpc) is 2.11. The molecular formula is C11H18N2O3. The molecular weight excluding hydrogens is 208 g/mol. The Kier molecular flexibility index (Phi) is 4.99. The molecule has 0 heterocycles. The van der Waals surface area contributed by atoms with Gasteiger partial charge in [-0.2, -0.15) is 0 Å². The van der Waals surface area contributed by atoms with Gasteiger partial charge in [0.05, 0.1) is 6.04 Å². The maximum Gasteiger partial charge on any atom is 0.326 e. The summed E-state index contributed by atoms with van der Waals surface area (Å²) in [4.78, 5) is 22.5. The number of rotatable bonds is 4. The summed E-state index contributed by atoms with van der Waals surface area (Å²) in [5.74, 6) is 0.626. The fourth-order valence-corrected chi connectivity index (χ4v) is 1.12. The van der Waals surface area contributed by atoms with E-state index in [-0.39, 0.29) is 6.42 Å². The van der Waals surface area contributed by atoms with Crippen LogP contribution in [0.2, 0.25) is 0 Å². The Balaban J connectivity index is 4.61. The van der Waals surface area contributed by atoms with Crippen molar-refractivity contribution in [2.75, 3.05) is 0 Å². The standard InChI is InChI=1S/C11H18N2O3/c1-5-6-7(12)9(14)13-8(10(15)16)11(2,3)4/h1,7-8H,6,12H2,2-4H3,(H,13,14)(H,15,16)/t7?,8-/m0/s1. The quantitative estimate of drug-likeness (QED) is 0.586. The van der Waals surface area contributed by atoms with Crippen molar-refractivity contribution < 1.29 is 14.7 Å². The van der Waals surface area contributed by atoms with Crippen molar-refractivity contribution in [1.82, 2.24) is 5.32 Å². The van der Waals surface area contributed by atoms with E-state index in [1.54, 1.807) is 20.8 Å². The minimum absolute atomic E-state index is 0.0856. The van der Waals surface area contributed by atoms with E-state index < -0.39 is 29.4 Å². The van der Waals surface area contributed by atoms with Crippen LogP contribution in [0.25, 0.3) is 0 Å². The molecule has 2 atom stereocenters. The zero-order valence-corrected chi connectivity index (χ0v) is 9.78. The van der Waals surface area contributed by atoms with Gasteiger partial charge in [0.2, 0.25) is 5.91 Å². The fraction of sp³-hybridized carbons (Fsp3) is 0.636. The van der Waals surface area contributed by atoms with Gasteiger partial charge in [-0.25, -0.2) is 4.79 Å². The van der Waals surface area contributed by atoms with Crippen LogP contribution in [0, 0.1) is 17.8 Å². The zero-order valence-electron chi connectivity index (χ0n) is 9.78. The summed E-state index contributed by atoms with van der Waals surface area (Å²) in [7, 11) is 0. The maximum absolute atomic E-state index is 11.5. The van der Waals surface area contributed by atoms with Crippen molar-refractivity contribution in [2.45, 2.75) is 39.3 Å². The second kappa shape index (κ2) is 5.52. The molecule has 0 rings (SSSR count). The van der Waals surface area contributed by atoms with Crippen LogP contribution < -0.4 is 11.1 Å². The van der Waals surface area contributed by atoms with Crippen LogP contribution in [0.15, 0.2) is 0 Å². The van der Waals surface area contributed by atoms with Gasteiger partial charge >= 0.3 is 5.97 Å². The van der Waals surface area contributed by atoms with Crippen LogP contribution in [0.3, 0.4) is 0 Å². The lowest BCUT2D eigenvalue weighted by atomic mass is 9.86. The number of nitrogens with one attached hydrogen (secondary N) is 1. The molecule has 16 heavy (non-hydrogen) atoms. The maximum atomic E-state index is 11.5. The van der Waals surface area contributed by atoms with E-state index in [1.165, 1.54) is 0 Å². The number of carbonyl (C=O) groups is 2. The van der Waals surface area contributed by atoms with E-state index >= 15 is 0 Å². The second-order valence-electron chi connectivity index (χ2n) is 4.66. The second-order valence-corrected chi connectivity index (χ2v) is 4.66. The van der Waals surface area contributed by atoms with Gasteiger partial charge in [0, 0.05) is 6.42 Å². The number of carbonyl (C=O) groups excluding carboxylic acids is 1. The molecule has 90 valence electrons. The SMILES string of the molecule is C#CCC(N)C(=O)N[C@@H](C(=O)O)C(C)(C)C. The Labute approximate surface area is 95.4 Å². The third-order valence-corrected chi connectivity index (χ3v) is 2.07. The fourth-order valence-electron chi connectivity index (χ4n) is 1.12. The molecule has 5 heteroatoms. The number of carboxylic acid groups (broad SMARTS) is 1. The number of aliphatic carboxylic acids is 1. The van der Waals surface area contributed by atoms with Gasteiger partial charge in [0.25, 0.3) is 0 Å². The van der Waals surface area contributed by atoms with Crippen LogP contribution in [0.1, 0.15) is 27.2 Å². The highest BCUT2D eigenvalue weighted by molar-refractivity contribution is 5.87. The Morgan fingerprint density at radius 2 is 2.00 bits per heavy atom. The molecule has 0 aliphatic rings. The lowest BCUT2D eigenvalue weighted by Crippen LogP contribution is -2.53. The van der Waals surface area contributed by atoms with Crippen molar-refractivity contribution in [2.24, 2.45) is 11.1 Å². The highest BCUT2D eigenvalue weighted by Gasteiger charge is 2.33. The Hall–Kier alpha value is -1.54. The van der Waals surface area contributed by atoms with Crippen molar-refractivity contribution >= 4 is 11.9 Å². The van der Waals surface area contributed by atoms with E-state index in [1.807, 2.05) is 0 Å². The van der Waals surface area contributed by atoms with Gasteiger partial charge < -0.3 is 16.2 Å². The Bertz CT molecular complexity index is 312. The van der Waals surface area contributed by atoms with Crippen LogP contribution in [-0.4, -0.2) is 29.1 Å². The predicted octanol–water partition coefficient (Wildman–Crippen LogP) is -0.0475. The van der Waals surface area contributed by atoms with Gasteiger partial charge in [0.15, 0.2) is 0 Å². The molecule has 0 radical (unpaired) electrons. The van der Waals surface area contributed by atoms with Gasteiger partial charge in [-0.1, -0.05) is 20.8 Å². The summed E-state index contributed by atoms with van der Waals surface area (Å²) < 4.78 is 0. The van der Waals surface area contributed by atoms with E-state index in [2.05, 4.69) is 11.2 Å². The van der Waals surface area contributed by atoms with E-state index in [4.69, 9.17) is 17.3 Å². The van der Waals surface area contributed by atoms with Crippen molar-refractivity contribution in [1.29, 1.82) is 0 Å². The topological polar surface area (TPSA) is 92.4 Å². The summed E-state index contributed by atoms with van der Waals surface area (Å²) in [5.41, 5.74) is 4.89. The number of carboxylic acids is 1. The smallest absolute Gasteiger partial charge is 0.326 e. The minimum atomic E-state index is -1.09. The lowest BCUT2D eigenvalue weighted by Gasteiger charge is -2.28. The van der Waals surface area contributed by atoms with Crippen LogP contribution in [-0.2, 0) is 9.59 Å². The number of amides is 1. The van der Waals surface area contributed by atoms with Crippen molar-refractivity contribution in [3.8, 4) is 12.3 Å². The molecule has 1 amide bonds. The Morgan fingerprint density at radius 3 is 2.31 bits per heavy atom. The molecule has 5 nitrogen and oxygen atoms in total. The summed E-state index contributed by atoms with van der Waals surface area (Å²) in [6.07, 6.45) is 5.10. The molecule has 0 aromatic heterocycles. The molecule has 0 aliphatic carbocycles. The first-order valence-electron chi connectivity index (χ1n) is 4.92. The zero-order chi connectivity index (χ0) is 12.9. The normalized spacial score (nSPS) is 14.7. The van der Waals surface area contributed by atoms with Gasteiger partial charge in [-0.15, -0.1) is 12.3 Å². The molecule has 4 N–H and O–H groups in total. The third kappa shape index (κ3) is 4.32. The van der Waals surface area contributed by atoms with Gasteiger partial charge in [-0.3, -0.25) is 4.79 Å². The molecule has 0 bridgehead atoms. The van der Waals surface area contributed by atoms with E-state index in [9.17, 15) is 9.59 Å². The first-order chi connectivity index (χ1) is 7.20. The number of terminal acetylenes is 1. The summed E-state index contributed by atoms with van der Waals surface area (Å²) >= 11 is 0. The first kappa shape index (κ1) is 14.5. The molecule has 1 unspecified atom stereocenters. The summed E-state index contributed by atoms with van der Waals surface area (Å²) in [6, 6.07) is -1.85. The molecule has 0 saturated carbocycles. The average molecular weight is 226 g/mol. The number of hydrogen-bond acceptors (Lipinski definition) is 3. The molecule has 0 aromatic carbocycles.